The molecule has 1 aromatic carbocycles. The lowest BCUT2D eigenvalue weighted by Gasteiger charge is -2.42. The zero-order valence-electron chi connectivity index (χ0n) is 16.2. The van der Waals surface area contributed by atoms with Gasteiger partial charge in [-0.05, 0) is 50.8 Å². The van der Waals surface area contributed by atoms with E-state index in [0.717, 1.165) is 33.8 Å². The number of aromatic nitrogens is 2. The Hall–Kier alpha value is -2.45. The van der Waals surface area contributed by atoms with Gasteiger partial charge in [-0.3, -0.25) is 14.5 Å². The Morgan fingerprint density at radius 1 is 1.28 bits per heavy atom. The summed E-state index contributed by atoms with van der Waals surface area (Å²) >= 11 is 3.17. The third kappa shape index (κ3) is 2.93. The molecule has 1 aliphatic carbocycles. The summed E-state index contributed by atoms with van der Waals surface area (Å²) in [5.41, 5.74) is 1.78. The molecule has 1 N–H and O–H groups in total. The lowest BCUT2D eigenvalue weighted by atomic mass is 9.96. The molecule has 1 aliphatic heterocycles. The van der Waals surface area contributed by atoms with E-state index in [1.165, 1.54) is 28.6 Å². The normalized spacial score (nSPS) is 17.2. The van der Waals surface area contributed by atoms with Crippen molar-refractivity contribution in [3.8, 4) is 0 Å². The molecule has 0 saturated heterocycles. The topological polar surface area (TPSA) is 75.2 Å². The van der Waals surface area contributed by atoms with Crippen molar-refractivity contribution in [2.45, 2.75) is 43.7 Å². The predicted octanol–water partition coefficient (Wildman–Crippen LogP) is 4.04. The number of carbonyl (C=O) groups is 2. The molecule has 0 fully saturated rings. The molecule has 2 amide bonds. The summed E-state index contributed by atoms with van der Waals surface area (Å²) in [6.07, 6.45) is 4.90. The van der Waals surface area contributed by atoms with Gasteiger partial charge in [0, 0.05) is 10.3 Å². The number of hydrogen-bond acceptors (Lipinski definition) is 6. The van der Waals surface area contributed by atoms with Crippen molar-refractivity contribution in [2.75, 3.05) is 16.0 Å². The highest BCUT2D eigenvalue weighted by Gasteiger charge is 2.43. The molecule has 8 heteroatoms. The van der Waals surface area contributed by atoms with Crippen LogP contribution in [0, 0.1) is 0 Å². The number of aryl methyl sites for hydroxylation is 2. The zero-order chi connectivity index (χ0) is 20.2. The van der Waals surface area contributed by atoms with Crippen molar-refractivity contribution in [3.05, 3.63) is 41.0 Å². The second-order valence-corrected chi connectivity index (χ2v) is 9.81. The lowest BCUT2D eigenvalue weighted by molar-refractivity contribution is -0.125. The summed E-state index contributed by atoms with van der Waals surface area (Å²) in [5.74, 6) is -0.0857. The molecule has 0 unspecified atom stereocenters. The molecule has 3 heterocycles. The maximum absolute atomic E-state index is 13.3. The van der Waals surface area contributed by atoms with Crippen LogP contribution >= 0.6 is 23.1 Å². The molecule has 29 heavy (non-hydrogen) atoms. The summed E-state index contributed by atoms with van der Waals surface area (Å²) in [6, 6.07) is 7.41. The highest BCUT2D eigenvalue weighted by Crippen LogP contribution is 2.41. The first-order chi connectivity index (χ1) is 14.0. The average molecular weight is 425 g/mol. The number of fused-ring (bicyclic) bond motifs is 4. The molecular weight excluding hydrogens is 404 g/mol. The largest absolute Gasteiger partial charge is 0.322 e. The standard InChI is InChI=1S/C21H20N4O2S2/c1-21(2)20(27)24-13-7-3-4-8-14(13)25(21)16(26)10-28-18-17-12-6-5-9-15(12)29-19(17)23-11-22-18/h3-4,7-8,11H,5-6,9-10H2,1-2H3,(H,24,27). The SMILES string of the molecule is CC1(C)C(=O)Nc2ccccc2N1C(=O)CSc1ncnc2sc3c(c12)CCC3. The lowest BCUT2D eigenvalue weighted by Crippen LogP contribution is -2.58. The van der Waals surface area contributed by atoms with Crippen LogP contribution in [0.25, 0.3) is 10.2 Å². The molecular formula is C21H20N4O2S2. The Kier molecular flexibility index (Phi) is 4.36. The van der Waals surface area contributed by atoms with Crippen LogP contribution in [-0.4, -0.2) is 33.1 Å². The number of amides is 2. The first kappa shape index (κ1) is 18.6. The molecule has 148 valence electrons. The third-order valence-electron chi connectivity index (χ3n) is 5.56. The van der Waals surface area contributed by atoms with Gasteiger partial charge in [-0.25, -0.2) is 9.97 Å². The molecule has 5 rings (SSSR count). The van der Waals surface area contributed by atoms with Crippen LogP contribution in [0.3, 0.4) is 0 Å². The fraction of sp³-hybridized carbons (Fsp3) is 0.333. The van der Waals surface area contributed by atoms with Gasteiger partial charge in [0.2, 0.25) is 11.8 Å². The Morgan fingerprint density at radius 2 is 2.10 bits per heavy atom. The summed E-state index contributed by atoms with van der Waals surface area (Å²) < 4.78 is 0. The highest BCUT2D eigenvalue weighted by molar-refractivity contribution is 8.00. The van der Waals surface area contributed by atoms with Crippen molar-refractivity contribution >= 4 is 56.5 Å². The summed E-state index contributed by atoms with van der Waals surface area (Å²) in [5, 5.41) is 4.87. The minimum atomic E-state index is -0.962. The number of hydrogen-bond donors (Lipinski definition) is 1. The minimum absolute atomic E-state index is 0.110. The molecule has 0 spiro atoms. The smallest absolute Gasteiger partial charge is 0.250 e. The maximum atomic E-state index is 13.3. The molecule has 2 aromatic heterocycles. The monoisotopic (exact) mass is 424 g/mol. The van der Waals surface area contributed by atoms with Gasteiger partial charge in [-0.2, -0.15) is 0 Å². The van der Waals surface area contributed by atoms with Crippen molar-refractivity contribution in [3.63, 3.8) is 0 Å². The van der Waals surface area contributed by atoms with Crippen molar-refractivity contribution in [2.24, 2.45) is 0 Å². The maximum Gasteiger partial charge on any atom is 0.250 e. The van der Waals surface area contributed by atoms with Crippen LogP contribution in [-0.2, 0) is 22.4 Å². The van der Waals surface area contributed by atoms with Crippen LogP contribution in [0.5, 0.6) is 0 Å². The second kappa shape index (κ2) is 6.81. The zero-order valence-corrected chi connectivity index (χ0v) is 17.8. The van der Waals surface area contributed by atoms with E-state index < -0.39 is 5.54 Å². The van der Waals surface area contributed by atoms with Gasteiger partial charge in [-0.15, -0.1) is 11.3 Å². The molecule has 0 bridgehead atoms. The second-order valence-electron chi connectivity index (χ2n) is 7.76. The fourth-order valence-corrected chi connectivity index (χ4v) is 6.27. The first-order valence-electron chi connectivity index (χ1n) is 9.58. The van der Waals surface area contributed by atoms with E-state index in [0.29, 0.717) is 5.69 Å². The Labute approximate surface area is 176 Å². The van der Waals surface area contributed by atoms with Gasteiger partial charge in [0.1, 0.15) is 21.7 Å². The van der Waals surface area contributed by atoms with E-state index in [1.54, 1.807) is 36.4 Å². The van der Waals surface area contributed by atoms with Crippen LogP contribution in [0.1, 0.15) is 30.7 Å². The van der Waals surface area contributed by atoms with Crippen molar-refractivity contribution in [1.29, 1.82) is 0 Å². The van der Waals surface area contributed by atoms with E-state index in [4.69, 9.17) is 0 Å². The van der Waals surface area contributed by atoms with Crippen LogP contribution in [0.2, 0.25) is 0 Å². The van der Waals surface area contributed by atoms with Crippen molar-refractivity contribution < 1.29 is 9.59 Å². The van der Waals surface area contributed by atoms with Gasteiger partial charge in [0.25, 0.3) is 0 Å². The number of carbonyl (C=O) groups excluding carboxylic acids is 2. The average Bonchev–Trinajstić information content (AvgIpc) is 3.28. The van der Waals surface area contributed by atoms with Gasteiger partial charge in [-0.1, -0.05) is 23.9 Å². The number of nitrogens with one attached hydrogen (secondary N) is 1. The van der Waals surface area contributed by atoms with E-state index in [1.807, 2.05) is 24.3 Å². The van der Waals surface area contributed by atoms with E-state index in [2.05, 4.69) is 15.3 Å². The van der Waals surface area contributed by atoms with E-state index in [9.17, 15) is 9.59 Å². The number of thioether (sulfide) groups is 1. The Bertz CT molecular complexity index is 1150. The molecule has 0 atom stereocenters. The molecule has 6 nitrogen and oxygen atoms in total. The Balaban J connectivity index is 1.46. The molecule has 3 aromatic rings. The number of benzene rings is 1. The van der Waals surface area contributed by atoms with Crippen LogP contribution < -0.4 is 10.2 Å². The van der Waals surface area contributed by atoms with E-state index >= 15 is 0 Å². The number of rotatable bonds is 3. The van der Waals surface area contributed by atoms with Gasteiger partial charge < -0.3 is 5.32 Å². The number of thiophene rings is 1. The van der Waals surface area contributed by atoms with Crippen LogP contribution in [0.15, 0.2) is 35.6 Å². The summed E-state index contributed by atoms with van der Waals surface area (Å²) in [4.78, 5) is 38.8. The number of nitrogens with zero attached hydrogens (tertiary/aromatic N) is 3. The Morgan fingerprint density at radius 3 is 2.97 bits per heavy atom. The van der Waals surface area contributed by atoms with Crippen molar-refractivity contribution in [1.82, 2.24) is 9.97 Å². The van der Waals surface area contributed by atoms with E-state index in [-0.39, 0.29) is 17.6 Å². The quantitative estimate of drug-likeness (QED) is 0.507. The fourth-order valence-electron chi connectivity index (χ4n) is 4.10. The number of para-hydroxylation sites is 2. The predicted molar refractivity (Wildman–Crippen MR) is 117 cm³/mol. The molecule has 0 saturated carbocycles. The minimum Gasteiger partial charge on any atom is -0.322 e. The summed E-state index contributed by atoms with van der Waals surface area (Å²) in [7, 11) is 0. The summed E-state index contributed by atoms with van der Waals surface area (Å²) in [6.45, 7) is 3.55. The highest BCUT2D eigenvalue weighted by atomic mass is 32.2. The van der Waals surface area contributed by atoms with Crippen LogP contribution in [0.4, 0.5) is 11.4 Å². The van der Waals surface area contributed by atoms with Gasteiger partial charge in [0.05, 0.1) is 17.1 Å². The number of anilines is 2. The van der Waals surface area contributed by atoms with Gasteiger partial charge in [0.15, 0.2) is 0 Å². The van der Waals surface area contributed by atoms with Gasteiger partial charge >= 0.3 is 0 Å². The third-order valence-corrected chi connectivity index (χ3v) is 7.73. The molecule has 2 aliphatic rings. The first-order valence-corrected chi connectivity index (χ1v) is 11.4. The molecule has 0 radical (unpaired) electrons.